The lowest BCUT2D eigenvalue weighted by Crippen LogP contribution is -2.21. The van der Waals surface area contributed by atoms with Crippen LogP contribution in [0.3, 0.4) is 0 Å². The van der Waals surface area contributed by atoms with Gasteiger partial charge < -0.3 is 19.5 Å². The van der Waals surface area contributed by atoms with Crippen LogP contribution in [0.15, 0.2) is 18.7 Å². The van der Waals surface area contributed by atoms with Crippen molar-refractivity contribution in [1.82, 2.24) is 19.5 Å². The number of nitrogens with one attached hydrogen (secondary N) is 1. The second kappa shape index (κ2) is 5.55. The Morgan fingerprint density at radius 2 is 2.16 bits per heavy atom. The number of rotatable bonds is 5. The standard InChI is InChI=1S/C12H18N6O/c1-13-11-10(19-4)12(16-8-15-11)18(3)7-9-14-5-6-17(9)2/h5-6,8H,7H2,1-4H3,(H,13,15,16). The molecule has 2 rings (SSSR count). The van der Waals surface area contributed by atoms with Crippen LogP contribution in [0, 0.1) is 0 Å². The highest BCUT2D eigenvalue weighted by atomic mass is 16.5. The zero-order chi connectivity index (χ0) is 13.8. The van der Waals surface area contributed by atoms with Gasteiger partial charge in [-0.25, -0.2) is 15.0 Å². The summed E-state index contributed by atoms with van der Waals surface area (Å²) in [4.78, 5) is 14.7. The first-order chi connectivity index (χ1) is 9.17. The zero-order valence-corrected chi connectivity index (χ0v) is 11.6. The van der Waals surface area contributed by atoms with Crippen molar-refractivity contribution in [1.29, 1.82) is 0 Å². The Kier molecular flexibility index (Phi) is 3.84. The van der Waals surface area contributed by atoms with Crippen molar-refractivity contribution in [2.24, 2.45) is 7.05 Å². The largest absolute Gasteiger partial charge is 0.490 e. The van der Waals surface area contributed by atoms with Gasteiger partial charge in [-0.15, -0.1) is 0 Å². The first-order valence-electron chi connectivity index (χ1n) is 5.91. The normalized spacial score (nSPS) is 10.3. The van der Waals surface area contributed by atoms with E-state index in [1.807, 2.05) is 29.8 Å². The molecule has 0 fully saturated rings. The van der Waals surface area contributed by atoms with Gasteiger partial charge in [0.05, 0.1) is 13.7 Å². The van der Waals surface area contributed by atoms with Crippen LogP contribution in [-0.2, 0) is 13.6 Å². The number of nitrogens with zero attached hydrogens (tertiary/aromatic N) is 5. The van der Waals surface area contributed by atoms with E-state index in [1.54, 1.807) is 20.4 Å². The van der Waals surface area contributed by atoms with Gasteiger partial charge in [0, 0.05) is 33.5 Å². The molecule has 0 aliphatic rings. The van der Waals surface area contributed by atoms with Crippen LogP contribution in [0.25, 0.3) is 0 Å². The molecule has 7 heteroatoms. The molecule has 0 aliphatic carbocycles. The molecule has 7 nitrogen and oxygen atoms in total. The molecule has 0 aromatic carbocycles. The molecule has 0 bridgehead atoms. The number of hydrogen-bond donors (Lipinski definition) is 1. The molecule has 102 valence electrons. The fourth-order valence-corrected chi connectivity index (χ4v) is 1.84. The topological polar surface area (TPSA) is 68.1 Å². The quantitative estimate of drug-likeness (QED) is 0.863. The van der Waals surface area contributed by atoms with Gasteiger partial charge >= 0.3 is 0 Å². The van der Waals surface area contributed by atoms with E-state index in [1.165, 1.54) is 6.33 Å². The van der Waals surface area contributed by atoms with Crippen molar-refractivity contribution >= 4 is 11.6 Å². The summed E-state index contributed by atoms with van der Waals surface area (Å²) in [6.45, 7) is 0.639. The molecule has 1 N–H and O–H groups in total. The van der Waals surface area contributed by atoms with Gasteiger partial charge in [-0.1, -0.05) is 0 Å². The van der Waals surface area contributed by atoms with E-state index < -0.39 is 0 Å². The number of aromatic nitrogens is 4. The van der Waals surface area contributed by atoms with E-state index in [-0.39, 0.29) is 0 Å². The number of methoxy groups -OCH3 is 1. The van der Waals surface area contributed by atoms with Crippen LogP contribution in [0.4, 0.5) is 11.6 Å². The first kappa shape index (κ1) is 13.1. The Bertz CT molecular complexity index is 553. The third kappa shape index (κ3) is 2.59. The number of anilines is 2. The number of hydrogen-bond acceptors (Lipinski definition) is 6. The number of aryl methyl sites for hydroxylation is 1. The fourth-order valence-electron chi connectivity index (χ4n) is 1.84. The molecular formula is C12H18N6O. The lowest BCUT2D eigenvalue weighted by atomic mass is 10.4. The van der Waals surface area contributed by atoms with Crippen LogP contribution in [0.2, 0.25) is 0 Å². The maximum atomic E-state index is 5.38. The summed E-state index contributed by atoms with van der Waals surface area (Å²) in [5, 5.41) is 2.99. The molecule has 19 heavy (non-hydrogen) atoms. The van der Waals surface area contributed by atoms with Crippen LogP contribution < -0.4 is 15.0 Å². The molecule has 0 saturated heterocycles. The summed E-state index contributed by atoms with van der Waals surface area (Å²) in [5.41, 5.74) is 0. The van der Waals surface area contributed by atoms with Crippen molar-refractivity contribution in [2.45, 2.75) is 6.54 Å². The predicted molar refractivity (Wildman–Crippen MR) is 73.4 cm³/mol. The summed E-state index contributed by atoms with van der Waals surface area (Å²) in [6, 6.07) is 0. The third-order valence-electron chi connectivity index (χ3n) is 2.89. The van der Waals surface area contributed by atoms with E-state index in [4.69, 9.17) is 4.74 Å². The van der Waals surface area contributed by atoms with Crippen LogP contribution >= 0.6 is 0 Å². The summed E-state index contributed by atoms with van der Waals surface area (Å²) >= 11 is 0. The minimum atomic E-state index is 0.627. The second-order valence-corrected chi connectivity index (χ2v) is 4.14. The molecule has 2 heterocycles. The number of imidazole rings is 1. The van der Waals surface area contributed by atoms with E-state index in [2.05, 4.69) is 20.3 Å². The van der Waals surface area contributed by atoms with Gasteiger partial charge in [-0.3, -0.25) is 0 Å². The Hall–Kier alpha value is -2.31. The molecule has 2 aromatic rings. The maximum absolute atomic E-state index is 5.38. The highest BCUT2D eigenvalue weighted by Crippen LogP contribution is 2.31. The van der Waals surface area contributed by atoms with E-state index in [0.29, 0.717) is 18.1 Å². The van der Waals surface area contributed by atoms with Gasteiger partial charge in [-0.2, -0.15) is 0 Å². The molecule has 0 aliphatic heterocycles. The predicted octanol–water partition coefficient (Wildman–Crippen LogP) is 0.897. The summed E-state index contributed by atoms with van der Waals surface area (Å²) in [5.74, 6) is 2.97. The van der Waals surface area contributed by atoms with Gasteiger partial charge in [0.2, 0.25) is 5.75 Å². The molecule has 0 saturated carbocycles. The Morgan fingerprint density at radius 3 is 2.74 bits per heavy atom. The van der Waals surface area contributed by atoms with Crippen molar-refractivity contribution in [3.05, 3.63) is 24.5 Å². The van der Waals surface area contributed by atoms with Gasteiger partial charge in [-0.05, 0) is 0 Å². The SMILES string of the molecule is CNc1ncnc(N(C)Cc2nccn2C)c1OC. The third-order valence-corrected chi connectivity index (χ3v) is 2.89. The number of ether oxygens (including phenoxy) is 1. The van der Waals surface area contributed by atoms with Gasteiger partial charge in [0.1, 0.15) is 12.2 Å². The maximum Gasteiger partial charge on any atom is 0.204 e. The first-order valence-corrected chi connectivity index (χ1v) is 5.91. The highest BCUT2D eigenvalue weighted by Gasteiger charge is 2.16. The molecule has 0 amide bonds. The fraction of sp³-hybridized carbons (Fsp3) is 0.417. The van der Waals surface area contributed by atoms with E-state index in [0.717, 1.165) is 11.6 Å². The molecule has 2 aromatic heterocycles. The highest BCUT2D eigenvalue weighted by molar-refractivity contribution is 5.64. The minimum absolute atomic E-state index is 0.627. The van der Waals surface area contributed by atoms with E-state index in [9.17, 15) is 0 Å². The second-order valence-electron chi connectivity index (χ2n) is 4.14. The molecule has 0 radical (unpaired) electrons. The van der Waals surface area contributed by atoms with Crippen molar-refractivity contribution < 1.29 is 4.74 Å². The minimum Gasteiger partial charge on any atom is -0.490 e. The van der Waals surface area contributed by atoms with Crippen molar-refractivity contribution in [3.63, 3.8) is 0 Å². The molecule has 0 spiro atoms. The van der Waals surface area contributed by atoms with Gasteiger partial charge in [0.25, 0.3) is 0 Å². The molecule has 0 atom stereocenters. The van der Waals surface area contributed by atoms with Crippen molar-refractivity contribution in [3.8, 4) is 5.75 Å². The van der Waals surface area contributed by atoms with E-state index >= 15 is 0 Å². The lowest BCUT2D eigenvalue weighted by Gasteiger charge is -2.21. The molecular weight excluding hydrogens is 244 g/mol. The average Bonchev–Trinajstić information content (AvgIpc) is 2.83. The Morgan fingerprint density at radius 1 is 1.37 bits per heavy atom. The Balaban J connectivity index is 2.28. The molecule has 0 unspecified atom stereocenters. The average molecular weight is 262 g/mol. The zero-order valence-electron chi connectivity index (χ0n) is 11.6. The van der Waals surface area contributed by atoms with Gasteiger partial charge in [0.15, 0.2) is 11.6 Å². The summed E-state index contributed by atoms with van der Waals surface area (Å²) < 4.78 is 7.36. The monoisotopic (exact) mass is 262 g/mol. The lowest BCUT2D eigenvalue weighted by molar-refractivity contribution is 0.412. The summed E-state index contributed by atoms with van der Waals surface area (Å²) in [6.07, 6.45) is 5.21. The Labute approximate surface area is 112 Å². The van der Waals surface area contributed by atoms with Crippen LogP contribution in [0.5, 0.6) is 5.75 Å². The van der Waals surface area contributed by atoms with Crippen molar-refractivity contribution in [2.75, 3.05) is 31.4 Å². The van der Waals surface area contributed by atoms with Crippen LogP contribution in [-0.4, -0.2) is 40.7 Å². The van der Waals surface area contributed by atoms with Crippen LogP contribution in [0.1, 0.15) is 5.82 Å². The smallest absolute Gasteiger partial charge is 0.204 e. The summed E-state index contributed by atoms with van der Waals surface area (Å²) in [7, 11) is 7.32.